The van der Waals surface area contributed by atoms with E-state index in [4.69, 9.17) is 14.2 Å². The molecule has 1 aromatic heterocycles. The summed E-state index contributed by atoms with van der Waals surface area (Å²) in [6, 6.07) is 13.6. The Balaban J connectivity index is 2.52. The van der Waals surface area contributed by atoms with Gasteiger partial charge >= 0.3 is 5.97 Å². The third-order valence-electron chi connectivity index (χ3n) is 4.11. The van der Waals surface area contributed by atoms with E-state index < -0.39 is 10.5 Å². The molecule has 0 saturated heterocycles. The standard InChI is InChI=1S/C18H22O4S2/c1-17(23-5,16(19)20-2)14-11-12-15(24-14)18(21-3,22-4)13-9-7-6-8-10-13/h6-12H,1-5H3. The Labute approximate surface area is 151 Å². The normalized spacial score (nSPS) is 14.2. The lowest BCUT2D eigenvalue weighted by molar-refractivity contribution is -0.181. The molecule has 0 saturated carbocycles. The summed E-state index contributed by atoms with van der Waals surface area (Å²) < 4.78 is 15.8. The molecule has 0 N–H and O–H groups in total. The molecule has 1 atom stereocenters. The number of carbonyl (C=O) groups is 1. The number of thiophene rings is 1. The van der Waals surface area contributed by atoms with E-state index in [2.05, 4.69) is 0 Å². The van der Waals surface area contributed by atoms with Crippen molar-refractivity contribution in [2.45, 2.75) is 17.5 Å². The second-order valence-corrected chi connectivity index (χ2v) is 7.59. The molecule has 1 unspecified atom stereocenters. The Kier molecular flexibility index (Phi) is 6.09. The number of hydrogen-bond acceptors (Lipinski definition) is 6. The number of thioether (sulfide) groups is 1. The maximum Gasteiger partial charge on any atom is 0.327 e. The summed E-state index contributed by atoms with van der Waals surface area (Å²) in [7, 11) is 4.64. The number of benzene rings is 1. The molecular formula is C18H22O4S2. The molecule has 0 aliphatic rings. The second kappa shape index (κ2) is 7.70. The highest BCUT2D eigenvalue weighted by atomic mass is 32.2. The van der Waals surface area contributed by atoms with Crippen molar-refractivity contribution in [1.29, 1.82) is 0 Å². The van der Waals surface area contributed by atoms with Crippen LogP contribution in [-0.4, -0.2) is 33.6 Å². The Morgan fingerprint density at radius 1 is 1.00 bits per heavy atom. The van der Waals surface area contributed by atoms with E-state index in [1.165, 1.54) is 30.2 Å². The minimum absolute atomic E-state index is 0.274. The molecule has 0 spiro atoms. The van der Waals surface area contributed by atoms with E-state index in [9.17, 15) is 4.79 Å². The van der Waals surface area contributed by atoms with Gasteiger partial charge in [0.25, 0.3) is 0 Å². The lowest BCUT2D eigenvalue weighted by Gasteiger charge is -2.30. The zero-order valence-electron chi connectivity index (χ0n) is 14.5. The third kappa shape index (κ3) is 3.11. The van der Waals surface area contributed by atoms with Gasteiger partial charge < -0.3 is 14.2 Å². The number of ether oxygens (including phenoxy) is 3. The van der Waals surface area contributed by atoms with Gasteiger partial charge in [-0.15, -0.1) is 23.1 Å². The summed E-state index contributed by atoms with van der Waals surface area (Å²) in [6.07, 6.45) is 1.90. The molecule has 6 heteroatoms. The van der Waals surface area contributed by atoms with Crippen LogP contribution in [0.1, 0.15) is 22.2 Å². The van der Waals surface area contributed by atoms with Crippen LogP contribution in [0.2, 0.25) is 0 Å². The van der Waals surface area contributed by atoms with E-state index in [1.807, 2.05) is 55.6 Å². The molecule has 0 radical (unpaired) electrons. The first-order valence-electron chi connectivity index (χ1n) is 7.38. The van der Waals surface area contributed by atoms with Crippen LogP contribution in [0.4, 0.5) is 0 Å². The summed E-state index contributed by atoms with van der Waals surface area (Å²) in [6.45, 7) is 1.86. The lowest BCUT2D eigenvalue weighted by Crippen LogP contribution is -2.31. The molecule has 0 aliphatic carbocycles. The smallest absolute Gasteiger partial charge is 0.327 e. The van der Waals surface area contributed by atoms with Crippen LogP contribution in [0.15, 0.2) is 42.5 Å². The molecule has 0 fully saturated rings. The summed E-state index contributed by atoms with van der Waals surface area (Å²) >= 11 is 2.93. The van der Waals surface area contributed by atoms with E-state index in [1.54, 1.807) is 14.2 Å². The molecular weight excluding hydrogens is 344 g/mol. The maximum atomic E-state index is 12.2. The van der Waals surface area contributed by atoms with Crippen molar-refractivity contribution in [3.8, 4) is 0 Å². The average molecular weight is 367 g/mol. The van der Waals surface area contributed by atoms with E-state index in [-0.39, 0.29) is 5.97 Å². The van der Waals surface area contributed by atoms with Gasteiger partial charge in [0.15, 0.2) is 0 Å². The largest absolute Gasteiger partial charge is 0.468 e. The van der Waals surface area contributed by atoms with Gasteiger partial charge in [0.1, 0.15) is 4.75 Å². The van der Waals surface area contributed by atoms with Crippen LogP contribution in [-0.2, 0) is 29.5 Å². The fraction of sp³-hybridized carbons (Fsp3) is 0.389. The molecule has 1 aromatic carbocycles. The van der Waals surface area contributed by atoms with Crippen LogP contribution in [0.25, 0.3) is 0 Å². The van der Waals surface area contributed by atoms with E-state index in [0.717, 1.165) is 15.3 Å². The lowest BCUT2D eigenvalue weighted by atomic mass is 10.0. The van der Waals surface area contributed by atoms with Crippen molar-refractivity contribution in [3.63, 3.8) is 0 Å². The summed E-state index contributed by atoms with van der Waals surface area (Å²) in [5.41, 5.74) is 0.896. The first-order chi connectivity index (χ1) is 11.5. The van der Waals surface area contributed by atoms with Gasteiger partial charge in [-0.2, -0.15) is 0 Å². The quantitative estimate of drug-likeness (QED) is 0.548. The molecule has 0 amide bonds. The van der Waals surface area contributed by atoms with Gasteiger partial charge in [-0.3, -0.25) is 4.79 Å². The van der Waals surface area contributed by atoms with E-state index >= 15 is 0 Å². The SMILES string of the molecule is COC(=O)C(C)(SC)c1ccc(C(OC)(OC)c2ccccc2)s1. The summed E-state index contributed by atoms with van der Waals surface area (Å²) in [4.78, 5) is 14.0. The molecule has 4 nitrogen and oxygen atoms in total. The van der Waals surface area contributed by atoms with Crippen LogP contribution >= 0.6 is 23.1 Å². The number of esters is 1. The molecule has 130 valence electrons. The van der Waals surface area contributed by atoms with Gasteiger partial charge in [0.05, 0.1) is 12.0 Å². The Morgan fingerprint density at radius 2 is 1.58 bits per heavy atom. The minimum Gasteiger partial charge on any atom is -0.468 e. The second-order valence-electron chi connectivity index (χ2n) is 5.28. The topological polar surface area (TPSA) is 44.8 Å². The van der Waals surface area contributed by atoms with Gasteiger partial charge in [-0.25, -0.2) is 0 Å². The predicted octanol–water partition coefficient (Wildman–Crippen LogP) is 3.99. The minimum atomic E-state index is -1.00. The van der Waals surface area contributed by atoms with Gasteiger partial charge in [-0.1, -0.05) is 30.3 Å². The van der Waals surface area contributed by atoms with Crippen LogP contribution in [0, 0.1) is 0 Å². The molecule has 24 heavy (non-hydrogen) atoms. The predicted molar refractivity (Wildman–Crippen MR) is 98.4 cm³/mol. The highest BCUT2D eigenvalue weighted by Gasteiger charge is 2.41. The van der Waals surface area contributed by atoms with Crippen molar-refractivity contribution in [3.05, 3.63) is 57.8 Å². The van der Waals surface area contributed by atoms with Gasteiger partial charge in [0.2, 0.25) is 5.79 Å². The highest BCUT2D eigenvalue weighted by Crippen LogP contribution is 2.44. The summed E-state index contributed by atoms with van der Waals surface area (Å²) in [5.74, 6) is -1.27. The fourth-order valence-electron chi connectivity index (χ4n) is 2.57. The zero-order chi connectivity index (χ0) is 17.8. The van der Waals surface area contributed by atoms with Crippen molar-refractivity contribution in [2.24, 2.45) is 0 Å². The van der Waals surface area contributed by atoms with Crippen molar-refractivity contribution in [1.82, 2.24) is 0 Å². The van der Waals surface area contributed by atoms with Crippen molar-refractivity contribution in [2.75, 3.05) is 27.6 Å². The Hall–Kier alpha value is -1.34. The summed E-state index contributed by atoms with van der Waals surface area (Å²) in [5, 5.41) is 0. The van der Waals surface area contributed by atoms with Crippen LogP contribution < -0.4 is 0 Å². The highest BCUT2D eigenvalue weighted by molar-refractivity contribution is 8.00. The molecule has 2 aromatic rings. The number of carbonyl (C=O) groups excluding carboxylic acids is 1. The molecule has 0 bridgehead atoms. The fourth-order valence-corrected chi connectivity index (χ4v) is 4.67. The van der Waals surface area contributed by atoms with Crippen molar-refractivity contribution < 1.29 is 19.0 Å². The number of hydrogen-bond donors (Lipinski definition) is 0. The molecule has 1 heterocycles. The monoisotopic (exact) mass is 366 g/mol. The van der Waals surface area contributed by atoms with Crippen molar-refractivity contribution >= 4 is 29.1 Å². The van der Waals surface area contributed by atoms with E-state index in [0.29, 0.717) is 0 Å². The first kappa shape index (κ1) is 19.0. The number of rotatable bonds is 7. The van der Waals surface area contributed by atoms with Crippen LogP contribution in [0.5, 0.6) is 0 Å². The third-order valence-corrected chi connectivity index (χ3v) is 6.83. The first-order valence-corrected chi connectivity index (χ1v) is 9.42. The zero-order valence-corrected chi connectivity index (χ0v) is 16.1. The Morgan fingerprint density at radius 3 is 2.08 bits per heavy atom. The average Bonchev–Trinajstić information content (AvgIpc) is 3.14. The van der Waals surface area contributed by atoms with Gasteiger partial charge in [0, 0.05) is 24.7 Å². The number of methoxy groups -OCH3 is 3. The maximum absolute atomic E-state index is 12.2. The molecule has 0 aliphatic heterocycles. The van der Waals surface area contributed by atoms with Gasteiger partial charge in [-0.05, 0) is 25.3 Å². The molecule has 2 rings (SSSR count). The van der Waals surface area contributed by atoms with Crippen LogP contribution in [0.3, 0.4) is 0 Å². The Bertz CT molecular complexity index is 679.